The fraction of sp³-hybridized carbons (Fsp3) is 0.537. The van der Waals surface area contributed by atoms with Gasteiger partial charge in [-0.25, -0.2) is 4.79 Å². The number of carbonyl (C=O) groups excluding carboxylic acids is 4. The highest BCUT2D eigenvalue weighted by atomic mass is 19.4. The average Bonchev–Trinajstić information content (AvgIpc) is 4.04. The topological polar surface area (TPSA) is 150 Å². The van der Waals surface area contributed by atoms with Gasteiger partial charge in [0.05, 0.1) is 16.8 Å². The Labute approximate surface area is 416 Å². The second-order valence-electron chi connectivity index (χ2n) is 21.5. The van der Waals surface area contributed by atoms with E-state index in [0.29, 0.717) is 67.0 Å². The molecule has 1 saturated carbocycles. The predicted molar refractivity (Wildman–Crippen MR) is 262 cm³/mol. The average molecular weight is 989 g/mol. The number of amides is 4. The third kappa shape index (κ3) is 9.58. The molecule has 0 spiro atoms. The van der Waals surface area contributed by atoms with E-state index in [1.165, 1.54) is 16.8 Å². The fourth-order valence-corrected chi connectivity index (χ4v) is 12.6. The van der Waals surface area contributed by atoms with Crippen LogP contribution in [0.5, 0.6) is 0 Å². The summed E-state index contributed by atoms with van der Waals surface area (Å²) in [7, 11) is 1.91. The summed E-state index contributed by atoms with van der Waals surface area (Å²) in [6, 6.07) is 14.0. The van der Waals surface area contributed by atoms with Gasteiger partial charge in [-0.05, 0) is 154 Å². The number of hydrogen-bond donors (Lipinski definition) is 1. The first-order valence-corrected chi connectivity index (χ1v) is 26.0. The standard InChI is InChI=1S/C54H63F3N10O5/c1-61-33-58-60-50(61)49(38-4-2-5-38)39-6-3-7-42(27-39)65-32-46-44(54(55,56)57)25-37(30-67(46)53(65)72)29-62-18-12-36(13-19-62)26-48(69)64-22-16-35(17-23-64)24-34-14-20-63(21-15-34)41-8-9-43-40(28-41)31-66(52(43)71)45-10-11-47(68)59-51(45)70/h3,6-9,25,27-28,30,32-36,38,45,49H,2,4-5,10-24,26,29,31H2,1H3,(H,59,68,70)/t45?,49-/m1/s1. The van der Waals surface area contributed by atoms with Crippen LogP contribution in [0.2, 0.25) is 0 Å². The van der Waals surface area contributed by atoms with E-state index in [2.05, 4.69) is 31.4 Å². The van der Waals surface area contributed by atoms with E-state index in [1.807, 2.05) is 46.8 Å². The fourth-order valence-electron chi connectivity index (χ4n) is 12.6. The van der Waals surface area contributed by atoms with Gasteiger partial charge in [0.1, 0.15) is 18.2 Å². The zero-order valence-electron chi connectivity index (χ0n) is 40.9. The first kappa shape index (κ1) is 48.0. The lowest BCUT2D eigenvalue weighted by Crippen LogP contribution is -2.52. The molecule has 15 nitrogen and oxygen atoms in total. The predicted octanol–water partition coefficient (Wildman–Crippen LogP) is 7.08. The van der Waals surface area contributed by atoms with Crippen LogP contribution in [0, 0.1) is 23.7 Å². The van der Waals surface area contributed by atoms with Gasteiger partial charge in [0.2, 0.25) is 17.7 Å². The van der Waals surface area contributed by atoms with Crippen LogP contribution in [-0.4, -0.2) is 107 Å². The van der Waals surface area contributed by atoms with E-state index in [1.54, 1.807) is 23.5 Å². The number of piperidine rings is 4. The SMILES string of the molecule is Cn1cnnc1[C@@H](c1cccc(-n2cc3c(C(F)(F)F)cc(CN4CCC(CC(=O)N5CCC(CC6CCN(c7ccc8c(c7)CN(C7CCC(=O)NC7=O)C8=O)CC6)CC5)CC4)cn3c2=O)c1)C1CCC1. The number of pyridine rings is 1. The van der Waals surface area contributed by atoms with Crippen LogP contribution < -0.4 is 15.9 Å². The summed E-state index contributed by atoms with van der Waals surface area (Å²) in [4.78, 5) is 73.1. The zero-order valence-corrected chi connectivity index (χ0v) is 40.9. The number of imidazole rings is 1. The van der Waals surface area contributed by atoms with E-state index < -0.39 is 29.4 Å². The molecule has 6 aliphatic rings. The van der Waals surface area contributed by atoms with Gasteiger partial charge in [0, 0.05) is 88.7 Å². The molecule has 2 atom stereocenters. The molecule has 0 radical (unpaired) electrons. The number of benzene rings is 2. The van der Waals surface area contributed by atoms with Crippen molar-refractivity contribution in [3.8, 4) is 5.69 Å². The zero-order chi connectivity index (χ0) is 49.8. The minimum atomic E-state index is -4.68. The van der Waals surface area contributed by atoms with Gasteiger partial charge in [-0.1, -0.05) is 18.6 Å². The second-order valence-corrected chi connectivity index (χ2v) is 21.5. The molecule has 1 aliphatic carbocycles. The molecule has 2 aromatic carbocycles. The number of carbonyl (C=O) groups is 4. The van der Waals surface area contributed by atoms with E-state index in [-0.39, 0.29) is 48.0 Å². The molecule has 72 heavy (non-hydrogen) atoms. The van der Waals surface area contributed by atoms with Gasteiger partial charge in [-0.2, -0.15) is 13.2 Å². The maximum atomic E-state index is 14.7. The highest BCUT2D eigenvalue weighted by Gasteiger charge is 2.40. The normalized spacial score (nSPS) is 21.6. The molecular weight excluding hydrogens is 926 g/mol. The van der Waals surface area contributed by atoms with Crippen LogP contribution in [0.15, 0.2) is 72.0 Å². The summed E-state index contributed by atoms with van der Waals surface area (Å²) in [6.45, 7) is 5.36. The molecule has 4 amide bonds. The number of fused-ring (bicyclic) bond motifs is 2. The smallest absolute Gasteiger partial charge is 0.372 e. The Balaban J connectivity index is 0.647. The van der Waals surface area contributed by atoms with Gasteiger partial charge in [0.25, 0.3) is 5.91 Å². The van der Waals surface area contributed by atoms with Crippen LogP contribution in [0.4, 0.5) is 18.9 Å². The minimum Gasteiger partial charge on any atom is -0.372 e. The van der Waals surface area contributed by atoms with Crippen molar-refractivity contribution in [2.75, 3.05) is 44.2 Å². The number of rotatable bonds is 12. The van der Waals surface area contributed by atoms with E-state index in [0.717, 1.165) is 117 Å². The van der Waals surface area contributed by atoms with E-state index in [4.69, 9.17) is 0 Å². The monoisotopic (exact) mass is 988 g/mol. The van der Waals surface area contributed by atoms with Crippen molar-refractivity contribution in [2.45, 2.75) is 115 Å². The number of hydrogen-bond acceptors (Lipinski definition) is 9. The Morgan fingerprint density at radius 2 is 1.56 bits per heavy atom. The van der Waals surface area contributed by atoms with E-state index >= 15 is 0 Å². The molecular formula is C54H63F3N10O5. The molecule has 18 heteroatoms. The Kier molecular flexibility index (Phi) is 13.1. The van der Waals surface area contributed by atoms with Crippen molar-refractivity contribution in [3.05, 3.63) is 111 Å². The van der Waals surface area contributed by atoms with Gasteiger partial charge in [-0.15, -0.1) is 10.2 Å². The van der Waals surface area contributed by atoms with Crippen LogP contribution in [0.3, 0.4) is 0 Å². The summed E-state index contributed by atoms with van der Waals surface area (Å²) in [5.74, 6) is 1.90. The maximum absolute atomic E-state index is 14.7. The van der Waals surface area contributed by atoms with Crippen molar-refractivity contribution < 1.29 is 32.3 Å². The largest absolute Gasteiger partial charge is 0.418 e. The third-order valence-corrected chi connectivity index (χ3v) is 17.0. The number of nitrogens with one attached hydrogen (secondary N) is 1. The molecule has 5 aliphatic heterocycles. The summed E-state index contributed by atoms with van der Waals surface area (Å²) in [5, 5.41) is 10.9. The number of alkyl halides is 3. The summed E-state index contributed by atoms with van der Waals surface area (Å²) >= 11 is 0. The quantitative estimate of drug-likeness (QED) is 0.130. The number of aromatic nitrogens is 5. The molecule has 5 fully saturated rings. The van der Waals surface area contributed by atoms with Crippen LogP contribution in [0.25, 0.3) is 11.2 Å². The lowest BCUT2D eigenvalue weighted by atomic mass is 9.72. The molecule has 4 saturated heterocycles. The molecule has 1 unspecified atom stereocenters. The second kappa shape index (κ2) is 19.6. The highest BCUT2D eigenvalue weighted by molar-refractivity contribution is 6.05. The van der Waals surface area contributed by atoms with Gasteiger partial charge in [0.15, 0.2) is 0 Å². The Morgan fingerprint density at radius 1 is 0.819 bits per heavy atom. The number of likely N-dealkylation sites (tertiary alicyclic amines) is 2. The molecule has 1 N–H and O–H groups in total. The van der Waals surface area contributed by atoms with Crippen molar-refractivity contribution in [1.82, 2.24) is 43.7 Å². The van der Waals surface area contributed by atoms with Crippen molar-refractivity contribution in [1.29, 1.82) is 0 Å². The van der Waals surface area contributed by atoms with Crippen LogP contribution >= 0.6 is 0 Å². The number of nitrogens with zero attached hydrogens (tertiary/aromatic N) is 9. The molecule has 3 aromatic heterocycles. The van der Waals surface area contributed by atoms with Crippen molar-refractivity contribution >= 4 is 34.8 Å². The molecule has 11 rings (SSSR count). The maximum Gasteiger partial charge on any atom is 0.418 e. The Bertz CT molecular complexity index is 2930. The van der Waals surface area contributed by atoms with Gasteiger partial charge >= 0.3 is 11.9 Å². The highest BCUT2D eigenvalue weighted by Crippen LogP contribution is 2.43. The molecule has 8 heterocycles. The van der Waals surface area contributed by atoms with Crippen LogP contribution in [0.1, 0.15) is 128 Å². The van der Waals surface area contributed by atoms with Gasteiger partial charge < -0.3 is 19.3 Å². The van der Waals surface area contributed by atoms with E-state index in [9.17, 15) is 37.1 Å². The van der Waals surface area contributed by atoms with Crippen molar-refractivity contribution in [2.24, 2.45) is 30.7 Å². The Hall–Kier alpha value is -6.30. The summed E-state index contributed by atoms with van der Waals surface area (Å²) < 4.78 is 48.5. The summed E-state index contributed by atoms with van der Waals surface area (Å²) in [5.41, 5.74) is 2.90. The number of halogens is 3. The number of anilines is 1. The first-order valence-electron chi connectivity index (χ1n) is 26.0. The molecule has 5 aromatic rings. The molecule has 0 bridgehead atoms. The Morgan fingerprint density at radius 3 is 2.24 bits per heavy atom. The van der Waals surface area contributed by atoms with Gasteiger partial charge in [-0.3, -0.25) is 38.4 Å². The third-order valence-electron chi connectivity index (χ3n) is 17.0. The number of imide groups is 1. The van der Waals surface area contributed by atoms with Crippen LogP contribution in [-0.2, 0) is 40.7 Å². The van der Waals surface area contributed by atoms with Crippen molar-refractivity contribution in [3.63, 3.8) is 0 Å². The molecule has 380 valence electrons. The number of aryl methyl sites for hydroxylation is 1. The minimum absolute atomic E-state index is 0.0454. The summed E-state index contributed by atoms with van der Waals surface area (Å²) in [6.07, 6.45) is 11.0. The first-order chi connectivity index (χ1) is 34.7. The lowest BCUT2D eigenvalue weighted by Gasteiger charge is -2.38. The lowest BCUT2D eigenvalue weighted by molar-refractivity contribution is -0.137.